The van der Waals surface area contributed by atoms with Crippen LogP contribution in [0.2, 0.25) is 5.02 Å². The fourth-order valence-corrected chi connectivity index (χ4v) is 3.42. The number of benzene rings is 1. The Morgan fingerprint density at radius 1 is 1.29 bits per heavy atom. The van der Waals surface area contributed by atoms with Crippen LogP contribution in [0.25, 0.3) is 0 Å². The first-order chi connectivity index (χ1) is 13.0. The number of hydrogen-bond donors (Lipinski definition) is 2. The fourth-order valence-electron chi connectivity index (χ4n) is 3.26. The van der Waals surface area contributed by atoms with Crippen LogP contribution in [0.4, 0.5) is 16.2 Å². The second-order valence-corrected chi connectivity index (χ2v) is 8.53. The average Bonchev–Trinajstić information content (AvgIpc) is 2.63. The van der Waals surface area contributed by atoms with Crippen LogP contribution in [-0.4, -0.2) is 48.8 Å². The number of halogens is 1. The largest absolute Gasteiger partial charge is 0.465 e. The van der Waals surface area contributed by atoms with Gasteiger partial charge in [-0.3, -0.25) is 0 Å². The monoisotopic (exact) mass is 411 g/mol. The summed E-state index contributed by atoms with van der Waals surface area (Å²) in [5.74, 6) is -0.123. The van der Waals surface area contributed by atoms with E-state index in [2.05, 4.69) is 12.2 Å². The van der Waals surface area contributed by atoms with Crippen LogP contribution in [0.5, 0.6) is 0 Å². The summed E-state index contributed by atoms with van der Waals surface area (Å²) in [6, 6.07) is 3.24. The number of hydrogen-bond acceptors (Lipinski definition) is 6. The molecule has 28 heavy (non-hydrogen) atoms. The molecule has 1 amide bonds. The lowest BCUT2D eigenvalue weighted by molar-refractivity contribution is 0.0179. The molecule has 7 nitrogen and oxygen atoms in total. The highest BCUT2D eigenvalue weighted by Crippen LogP contribution is 2.32. The number of nitrogens with one attached hydrogen (secondary N) is 1. The zero-order valence-electron chi connectivity index (χ0n) is 17.2. The van der Waals surface area contributed by atoms with Gasteiger partial charge in [-0.1, -0.05) is 11.6 Å². The normalized spacial score (nSPS) is 16.4. The lowest BCUT2D eigenvalue weighted by atomic mass is 9.90. The van der Waals surface area contributed by atoms with Gasteiger partial charge in [-0.25, -0.2) is 9.59 Å². The van der Waals surface area contributed by atoms with E-state index in [9.17, 15) is 9.59 Å². The van der Waals surface area contributed by atoms with Crippen molar-refractivity contribution in [2.45, 2.75) is 52.2 Å². The van der Waals surface area contributed by atoms with Gasteiger partial charge in [0.1, 0.15) is 5.60 Å². The van der Waals surface area contributed by atoms with Crippen LogP contribution >= 0.6 is 11.6 Å². The average molecular weight is 412 g/mol. The lowest BCUT2D eigenvalue weighted by Crippen LogP contribution is -2.44. The summed E-state index contributed by atoms with van der Waals surface area (Å²) in [5.41, 5.74) is 6.70. The van der Waals surface area contributed by atoms with Crippen molar-refractivity contribution in [2.75, 3.05) is 31.2 Å². The number of nitrogens with two attached hydrogens (primary N) is 1. The van der Waals surface area contributed by atoms with Crippen LogP contribution in [-0.2, 0) is 9.47 Å². The van der Waals surface area contributed by atoms with Gasteiger partial charge in [0.05, 0.1) is 29.1 Å². The van der Waals surface area contributed by atoms with Crippen molar-refractivity contribution in [2.24, 2.45) is 5.92 Å². The van der Waals surface area contributed by atoms with Gasteiger partial charge in [-0.15, -0.1) is 0 Å². The molecule has 0 aliphatic carbocycles. The minimum absolute atomic E-state index is 0.0885. The second kappa shape index (κ2) is 8.90. The van der Waals surface area contributed by atoms with Crippen molar-refractivity contribution in [3.63, 3.8) is 0 Å². The molecule has 1 aromatic rings. The number of carbonyl (C=O) groups excluding carboxylic acids is 2. The summed E-state index contributed by atoms with van der Waals surface area (Å²) >= 11 is 6.31. The highest BCUT2D eigenvalue weighted by Gasteiger charge is 2.29. The molecular formula is C20H30ClN3O4. The van der Waals surface area contributed by atoms with E-state index in [1.807, 2.05) is 20.8 Å². The number of rotatable bonds is 4. The van der Waals surface area contributed by atoms with Gasteiger partial charge in [0.25, 0.3) is 0 Å². The number of likely N-dealkylation sites (tertiary alicyclic amines) is 1. The zero-order chi connectivity index (χ0) is 21.1. The first-order valence-corrected chi connectivity index (χ1v) is 9.81. The fraction of sp³-hybridized carbons (Fsp3) is 0.600. The van der Waals surface area contributed by atoms with Crippen LogP contribution in [0.3, 0.4) is 0 Å². The van der Waals surface area contributed by atoms with E-state index < -0.39 is 11.6 Å². The lowest BCUT2D eigenvalue weighted by Gasteiger charge is -2.36. The number of esters is 1. The van der Waals surface area contributed by atoms with Crippen LogP contribution in [0.15, 0.2) is 12.1 Å². The van der Waals surface area contributed by atoms with Gasteiger partial charge >= 0.3 is 12.1 Å². The molecule has 1 aliphatic heterocycles. The number of nitrogen functional groups attached to an aromatic ring is 1. The van der Waals surface area contributed by atoms with E-state index in [1.54, 1.807) is 11.0 Å². The van der Waals surface area contributed by atoms with Crippen LogP contribution < -0.4 is 11.1 Å². The van der Waals surface area contributed by atoms with Crippen molar-refractivity contribution in [3.05, 3.63) is 22.7 Å². The highest BCUT2D eigenvalue weighted by atomic mass is 35.5. The molecule has 1 saturated heterocycles. The summed E-state index contributed by atoms with van der Waals surface area (Å²) in [6.07, 6.45) is 1.42. The third-order valence-corrected chi connectivity index (χ3v) is 5.23. The molecule has 2 rings (SSSR count). The topological polar surface area (TPSA) is 93.9 Å². The number of ether oxygens (including phenoxy) is 2. The molecule has 8 heteroatoms. The van der Waals surface area contributed by atoms with Gasteiger partial charge < -0.3 is 25.4 Å². The van der Waals surface area contributed by atoms with Gasteiger partial charge in [0.15, 0.2) is 0 Å². The van der Waals surface area contributed by atoms with Crippen LogP contribution in [0, 0.1) is 5.92 Å². The Morgan fingerprint density at radius 2 is 1.89 bits per heavy atom. The molecular weight excluding hydrogens is 382 g/mol. The van der Waals surface area contributed by atoms with E-state index in [4.69, 9.17) is 26.8 Å². The number of anilines is 2. The van der Waals surface area contributed by atoms with Crippen molar-refractivity contribution < 1.29 is 19.1 Å². The minimum atomic E-state index is -0.496. The van der Waals surface area contributed by atoms with Gasteiger partial charge in [0.2, 0.25) is 0 Å². The van der Waals surface area contributed by atoms with E-state index in [0.717, 1.165) is 12.8 Å². The number of carbonyl (C=O) groups is 2. The van der Waals surface area contributed by atoms with E-state index in [0.29, 0.717) is 41.0 Å². The van der Waals surface area contributed by atoms with Gasteiger partial charge in [0, 0.05) is 19.1 Å². The maximum absolute atomic E-state index is 12.2. The number of piperidine rings is 1. The Labute approximate surface area is 171 Å². The number of nitrogens with zero attached hydrogens (tertiary/aromatic N) is 1. The quantitative estimate of drug-likeness (QED) is 0.570. The molecule has 1 atom stereocenters. The van der Waals surface area contributed by atoms with Crippen LogP contribution in [0.1, 0.15) is 50.9 Å². The summed E-state index contributed by atoms with van der Waals surface area (Å²) < 4.78 is 10.2. The molecule has 3 N–H and O–H groups in total. The minimum Gasteiger partial charge on any atom is -0.465 e. The molecule has 0 saturated carbocycles. The summed E-state index contributed by atoms with van der Waals surface area (Å²) in [4.78, 5) is 25.8. The molecule has 0 unspecified atom stereocenters. The third kappa shape index (κ3) is 5.67. The van der Waals surface area contributed by atoms with Gasteiger partial charge in [-0.2, -0.15) is 0 Å². The Balaban J connectivity index is 1.99. The van der Waals surface area contributed by atoms with E-state index in [1.165, 1.54) is 13.2 Å². The Morgan fingerprint density at radius 3 is 2.43 bits per heavy atom. The summed E-state index contributed by atoms with van der Waals surface area (Å²) in [7, 11) is 1.32. The second-order valence-electron chi connectivity index (χ2n) is 8.16. The molecule has 0 spiro atoms. The Hall–Kier alpha value is -2.15. The SMILES string of the molecule is COC(=O)c1cc(N)c(Cl)c(N[C@@H](C)C2CCN(C(=O)OC(C)(C)C)CC2)c1. The molecule has 1 heterocycles. The van der Waals surface area contributed by atoms with Crippen molar-refractivity contribution in [1.29, 1.82) is 0 Å². The predicted octanol–water partition coefficient (Wildman–Crippen LogP) is 4.16. The number of methoxy groups -OCH3 is 1. The maximum atomic E-state index is 12.2. The third-order valence-electron chi connectivity index (χ3n) is 4.80. The molecule has 0 radical (unpaired) electrons. The van der Waals surface area contributed by atoms with E-state index in [-0.39, 0.29) is 12.1 Å². The smallest absolute Gasteiger partial charge is 0.410 e. The maximum Gasteiger partial charge on any atom is 0.410 e. The summed E-state index contributed by atoms with van der Waals surface area (Å²) in [5, 5.41) is 3.75. The standard InChI is InChI=1S/C20H30ClN3O4/c1-12(13-6-8-24(9-7-13)19(26)28-20(2,3)4)23-16-11-14(18(25)27-5)10-15(22)17(16)21/h10-13,23H,6-9,22H2,1-5H3/t12-/m0/s1. The van der Waals surface area contributed by atoms with E-state index >= 15 is 0 Å². The highest BCUT2D eigenvalue weighted by molar-refractivity contribution is 6.36. The Kier molecular flexibility index (Phi) is 7.04. The first-order valence-electron chi connectivity index (χ1n) is 9.43. The summed E-state index contributed by atoms with van der Waals surface area (Å²) in [6.45, 7) is 8.93. The molecule has 1 aliphatic rings. The van der Waals surface area contributed by atoms with Crippen molar-refractivity contribution in [1.82, 2.24) is 4.90 Å². The first kappa shape index (κ1) is 22.1. The molecule has 1 aromatic carbocycles. The van der Waals surface area contributed by atoms with Crippen molar-refractivity contribution in [3.8, 4) is 0 Å². The molecule has 0 bridgehead atoms. The molecule has 156 valence electrons. The predicted molar refractivity (Wildman–Crippen MR) is 111 cm³/mol. The molecule has 1 fully saturated rings. The zero-order valence-corrected chi connectivity index (χ0v) is 17.9. The van der Waals surface area contributed by atoms with Gasteiger partial charge in [-0.05, 0) is 58.6 Å². The number of amides is 1. The van der Waals surface area contributed by atoms with Crippen molar-refractivity contribution >= 4 is 35.0 Å². The Bertz CT molecular complexity index is 725. The molecule has 0 aromatic heterocycles.